The van der Waals surface area contributed by atoms with Gasteiger partial charge in [-0.2, -0.15) is 5.10 Å². The number of benzene rings is 1. The van der Waals surface area contributed by atoms with E-state index in [9.17, 15) is 8.78 Å². The van der Waals surface area contributed by atoms with Crippen LogP contribution in [0.3, 0.4) is 0 Å². The highest BCUT2D eigenvalue weighted by atomic mass is 35.5. The number of hydrogen-bond donors (Lipinski definition) is 1. The van der Waals surface area contributed by atoms with Crippen LogP contribution >= 0.6 is 23.2 Å². The summed E-state index contributed by atoms with van der Waals surface area (Å²) in [5.41, 5.74) is 1.66. The molecule has 0 aliphatic heterocycles. The van der Waals surface area contributed by atoms with Crippen molar-refractivity contribution in [1.82, 2.24) is 15.1 Å². The van der Waals surface area contributed by atoms with Crippen LogP contribution in [0.25, 0.3) is 0 Å². The van der Waals surface area contributed by atoms with E-state index in [1.54, 1.807) is 25.7 Å². The fraction of sp³-hybridized carbons (Fsp3) is 0.357. The van der Waals surface area contributed by atoms with Crippen LogP contribution in [0.2, 0.25) is 10.0 Å². The lowest BCUT2D eigenvalue weighted by Crippen LogP contribution is -2.21. The molecular formula is C14H15Cl2F2N3. The quantitative estimate of drug-likeness (QED) is 0.862. The molecule has 1 aromatic heterocycles. The molecule has 0 aliphatic carbocycles. The Morgan fingerprint density at radius 2 is 1.95 bits per heavy atom. The van der Waals surface area contributed by atoms with Gasteiger partial charge in [0.2, 0.25) is 0 Å². The second kappa shape index (κ2) is 6.30. The maximum atomic E-state index is 14.0. The first-order valence-corrected chi connectivity index (χ1v) is 7.10. The van der Waals surface area contributed by atoms with E-state index in [1.807, 2.05) is 0 Å². The average Bonchev–Trinajstić information content (AvgIpc) is 2.66. The SMILES string of the molecule is CNC(Cc1c(Cl)c(C)nn1C)c1cc(F)c(Cl)cc1F. The number of hydrogen-bond acceptors (Lipinski definition) is 2. The number of nitrogens with one attached hydrogen (secondary N) is 1. The molecule has 21 heavy (non-hydrogen) atoms. The number of rotatable bonds is 4. The molecule has 3 nitrogen and oxygen atoms in total. The van der Waals surface area contributed by atoms with Gasteiger partial charge in [0.15, 0.2) is 0 Å². The zero-order valence-electron chi connectivity index (χ0n) is 11.8. The van der Waals surface area contributed by atoms with E-state index in [4.69, 9.17) is 23.2 Å². The molecule has 2 aromatic rings. The lowest BCUT2D eigenvalue weighted by atomic mass is 10.0. The summed E-state index contributed by atoms with van der Waals surface area (Å²) in [5.74, 6) is -1.21. The molecule has 0 bridgehead atoms. The molecule has 0 spiro atoms. The van der Waals surface area contributed by atoms with Gasteiger partial charge in [-0.25, -0.2) is 8.78 Å². The minimum atomic E-state index is -0.652. The number of aryl methyl sites for hydroxylation is 2. The summed E-state index contributed by atoms with van der Waals surface area (Å²) in [4.78, 5) is 0. The summed E-state index contributed by atoms with van der Waals surface area (Å²) in [6.45, 7) is 1.79. The van der Waals surface area contributed by atoms with Gasteiger partial charge in [-0.1, -0.05) is 23.2 Å². The van der Waals surface area contributed by atoms with Gasteiger partial charge in [0.25, 0.3) is 0 Å². The lowest BCUT2D eigenvalue weighted by Gasteiger charge is -2.18. The molecule has 0 aliphatic rings. The van der Waals surface area contributed by atoms with Crippen molar-refractivity contribution in [2.24, 2.45) is 7.05 Å². The van der Waals surface area contributed by atoms with E-state index in [-0.39, 0.29) is 10.6 Å². The van der Waals surface area contributed by atoms with Crippen LogP contribution in [0.15, 0.2) is 12.1 Å². The number of aromatic nitrogens is 2. The smallest absolute Gasteiger partial charge is 0.142 e. The predicted octanol–water partition coefficient (Wildman–Crippen LogP) is 3.82. The summed E-state index contributed by atoms with van der Waals surface area (Å²) in [7, 11) is 3.44. The van der Waals surface area contributed by atoms with Crippen LogP contribution in [-0.2, 0) is 13.5 Å². The Morgan fingerprint density at radius 1 is 1.29 bits per heavy atom. The Bertz CT molecular complexity index is 671. The van der Waals surface area contributed by atoms with E-state index in [0.29, 0.717) is 17.1 Å². The monoisotopic (exact) mass is 333 g/mol. The minimum Gasteiger partial charge on any atom is -0.313 e. The normalized spacial score (nSPS) is 12.7. The third kappa shape index (κ3) is 3.20. The fourth-order valence-corrected chi connectivity index (χ4v) is 2.66. The van der Waals surface area contributed by atoms with Crippen LogP contribution in [-0.4, -0.2) is 16.8 Å². The molecule has 0 radical (unpaired) electrons. The Morgan fingerprint density at radius 3 is 2.48 bits per heavy atom. The molecule has 0 fully saturated rings. The van der Waals surface area contributed by atoms with Gasteiger partial charge < -0.3 is 5.32 Å². The Kier molecular flexibility index (Phi) is 4.86. The van der Waals surface area contributed by atoms with Crippen molar-refractivity contribution in [2.75, 3.05) is 7.05 Å². The van der Waals surface area contributed by atoms with Crippen molar-refractivity contribution in [3.63, 3.8) is 0 Å². The van der Waals surface area contributed by atoms with Crippen molar-refractivity contribution in [3.8, 4) is 0 Å². The number of likely N-dealkylation sites (N-methyl/N-ethyl adjacent to an activating group) is 1. The Hall–Kier alpha value is -1.17. The summed E-state index contributed by atoms with van der Waals surface area (Å²) in [5, 5.41) is 7.48. The van der Waals surface area contributed by atoms with Crippen molar-refractivity contribution < 1.29 is 8.78 Å². The van der Waals surface area contributed by atoms with Crippen LogP contribution in [0.4, 0.5) is 8.78 Å². The van der Waals surface area contributed by atoms with Crippen LogP contribution in [0.1, 0.15) is 23.0 Å². The van der Waals surface area contributed by atoms with Crippen molar-refractivity contribution in [1.29, 1.82) is 0 Å². The molecule has 1 heterocycles. The van der Waals surface area contributed by atoms with Crippen molar-refractivity contribution in [3.05, 3.63) is 50.8 Å². The summed E-state index contributed by atoms with van der Waals surface area (Å²) in [6.07, 6.45) is 0.380. The molecule has 1 aromatic carbocycles. The first-order chi connectivity index (χ1) is 9.85. The summed E-state index contributed by atoms with van der Waals surface area (Å²) in [6, 6.07) is 1.65. The predicted molar refractivity (Wildman–Crippen MR) is 79.8 cm³/mol. The van der Waals surface area contributed by atoms with Gasteiger partial charge in [-0.05, 0) is 26.1 Å². The van der Waals surface area contributed by atoms with Gasteiger partial charge in [0.1, 0.15) is 11.6 Å². The highest BCUT2D eigenvalue weighted by molar-refractivity contribution is 6.32. The Balaban J connectivity index is 2.39. The second-order valence-corrected chi connectivity index (χ2v) is 5.59. The van der Waals surface area contributed by atoms with E-state index in [1.165, 1.54) is 0 Å². The topological polar surface area (TPSA) is 29.9 Å². The number of halogens is 4. The third-order valence-corrected chi connectivity index (χ3v) is 4.20. The molecule has 114 valence electrons. The standard InChI is InChI=1S/C14H15Cl2F2N3/c1-7-14(16)13(21(3)20-7)6-12(19-2)8-4-11(18)9(15)5-10(8)17/h4-5,12,19H,6H2,1-3H3. The first kappa shape index (κ1) is 16.2. The fourth-order valence-electron chi connectivity index (χ4n) is 2.27. The minimum absolute atomic E-state index is 0.203. The zero-order valence-corrected chi connectivity index (χ0v) is 13.4. The zero-order chi connectivity index (χ0) is 15.7. The van der Waals surface area contributed by atoms with Crippen molar-refractivity contribution in [2.45, 2.75) is 19.4 Å². The molecule has 1 N–H and O–H groups in total. The van der Waals surface area contributed by atoms with E-state index in [0.717, 1.165) is 17.8 Å². The molecule has 0 saturated carbocycles. The maximum Gasteiger partial charge on any atom is 0.142 e. The molecule has 1 unspecified atom stereocenters. The largest absolute Gasteiger partial charge is 0.313 e. The third-order valence-electron chi connectivity index (χ3n) is 3.42. The molecule has 0 saturated heterocycles. The molecular weight excluding hydrogens is 319 g/mol. The van der Waals surface area contributed by atoms with E-state index < -0.39 is 17.7 Å². The van der Waals surface area contributed by atoms with Gasteiger partial charge in [0.05, 0.1) is 21.4 Å². The van der Waals surface area contributed by atoms with E-state index in [2.05, 4.69) is 10.4 Å². The summed E-state index contributed by atoms with van der Waals surface area (Å²) < 4.78 is 29.3. The van der Waals surface area contributed by atoms with Crippen LogP contribution in [0, 0.1) is 18.6 Å². The van der Waals surface area contributed by atoms with Crippen molar-refractivity contribution >= 4 is 23.2 Å². The van der Waals surface area contributed by atoms with Gasteiger partial charge in [-0.3, -0.25) is 4.68 Å². The Labute approximate surface area is 131 Å². The van der Waals surface area contributed by atoms with Gasteiger partial charge >= 0.3 is 0 Å². The van der Waals surface area contributed by atoms with Gasteiger partial charge in [0, 0.05) is 25.1 Å². The van der Waals surface area contributed by atoms with Crippen LogP contribution < -0.4 is 5.32 Å². The molecule has 7 heteroatoms. The van der Waals surface area contributed by atoms with Crippen LogP contribution in [0.5, 0.6) is 0 Å². The average molecular weight is 334 g/mol. The lowest BCUT2D eigenvalue weighted by molar-refractivity contribution is 0.511. The van der Waals surface area contributed by atoms with Gasteiger partial charge in [-0.15, -0.1) is 0 Å². The summed E-state index contributed by atoms with van der Waals surface area (Å²) >= 11 is 11.8. The highest BCUT2D eigenvalue weighted by Crippen LogP contribution is 2.29. The first-order valence-electron chi connectivity index (χ1n) is 6.34. The highest BCUT2D eigenvalue weighted by Gasteiger charge is 2.21. The molecule has 1 atom stereocenters. The van der Waals surface area contributed by atoms with E-state index >= 15 is 0 Å². The molecule has 0 amide bonds. The number of nitrogens with zero attached hydrogens (tertiary/aromatic N) is 2. The molecule has 2 rings (SSSR count). The maximum absolute atomic E-state index is 14.0. The second-order valence-electron chi connectivity index (χ2n) is 4.80.